The molecule has 0 bridgehead atoms. The lowest BCUT2D eigenvalue weighted by Gasteiger charge is -2.22. The topological polar surface area (TPSA) is 0 Å². The number of benzene rings is 12. The highest BCUT2D eigenvalue weighted by Crippen LogP contribution is 2.57. The third-order valence-electron chi connectivity index (χ3n) is 17.1. The summed E-state index contributed by atoms with van der Waals surface area (Å²) in [5, 5.41) is 23.8. The molecular weight excluding hydrogens is 817 g/mol. The number of fused-ring (bicyclic) bond motifs is 17. The van der Waals surface area contributed by atoms with Gasteiger partial charge in [0.15, 0.2) is 0 Å². The smallest absolute Gasteiger partial charge is 0.0158 e. The molecule has 14 aromatic rings. The van der Waals surface area contributed by atoms with Crippen LogP contribution in [0.4, 0.5) is 0 Å². The molecule has 14 aromatic carbocycles. The van der Waals surface area contributed by atoms with E-state index in [0.29, 0.717) is 0 Å². The standard InChI is InChI=1S/C68H44/c1-67(2)57-25-11-9-19-43(57)51-33-39(27-29-59(51)67)61-55-36-50-49(47-23-13-21-45-41-17-7-5-15-37(41)31-53(50)63(45)47)35-54(55)62(40-28-30-60-52(34-40)44-20-10-12-26-58(44)68(60,3)4)66-56-32-38-16-6-8-18-42(38)46-22-14-24-48(64(46)56)65(61)66/h5-36H,1-4H3. The van der Waals surface area contributed by atoms with Crippen LogP contribution in [-0.2, 0) is 10.8 Å². The van der Waals surface area contributed by atoms with E-state index in [9.17, 15) is 0 Å². The highest BCUT2D eigenvalue weighted by Gasteiger charge is 2.37. The molecule has 0 saturated heterocycles. The van der Waals surface area contributed by atoms with Gasteiger partial charge in [-0.2, -0.15) is 0 Å². The van der Waals surface area contributed by atoms with Crippen molar-refractivity contribution in [2.45, 2.75) is 38.5 Å². The molecule has 0 amide bonds. The summed E-state index contributed by atoms with van der Waals surface area (Å²) < 4.78 is 0. The quantitative estimate of drug-likeness (QED) is 0.152. The molecule has 68 heavy (non-hydrogen) atoms. The summed E-state index contributed by atoms with van der Waals surface area (Å²) in [5.41, 5.74) is 16.0. The molecule has 0 heterocycles. The average Bonchev–Trinajstić information content (AvgIpc) is 4.02. The Morgan fingerprint density at radius 1 is 0.235 bits per heavy atom. The Labute approximate surface area is 394 Å². The van der Waals surface area contributed by atoms with Crippen LogP contribution in [0.15, 0.2) is 194 Å². The van der Waals surface area contributed by atoms with E-state index in [1.165, 1.54) is 164 Å². The Morgan fingerprint density at radius 2 is 0.632 bits per heavy atom. The lowest BCUT2D eigenvalue weighted by molar-refractivity contribution is 0.660. The molecule has 2 aliphatic carbocycles. The monoisotopic (exact) mass is 860 g/mol. The Hall–Kier alpha value is -8.06. The van der Waals surface area contributed by atoms with Crippen molar-refractivity contribution in [2.24, 2.45) is 0 Å². The van der Waals surface area contributed by atoms with Crippen molar-refractivity contribution >= 4 is 97.0 Å². The van der Waals surface area contributed by atoms with E-state index in [0.717, 1.165) is 0 Å². The third kappa shape index (κ3) is 4.43. The summed E-state index contributed by atoms with van der Waals surface area (Å²) >= 11 is 0. The van der Waals surface area contributed by atoms with Crippen LogP contribution in [0.1, 0.15) is 49.9 Å². The van der Waals surface area contributed by atoms with E-state index in [4.69, 9.17) is 0 Å². The van der Waals surface area contributed by atoms with Gasteiger partial charge in [-0.1, -0.05) is 185 Å². The van der Waals surface area contributed by atoms with Gasteiger partial charge in [-0.05, 0) is 200 Å². The Kier molecular flexibility index (Phi) is 6.80. The maximum Gasteiger partial charge on any atom is 0.0158 e. The lowest BCUT2D eigenvalue weighted by atomic mass is 9.80. The zero-order chi connectivity index (χ0) is 44.9. The van der Waals surface area contributed by atoms with Crippen LogP contribution in [-0.4, -0.2) is 0 Å². The number of rotatable bonds is 2. The Bertz CT molecular complexity index is 4590. The van der Waals surface area contributed by atoms with Crippen molar-refractivity contribution in [2.75, 3.05) is 0 Å². The summed E-state index contributed by atoms with van der Waals surface area (Å²) in [7, 11) is 0. The van der Waals surface area contributed by atoms with Crippen molar-refractivity contribution in [3.8, 4) is 44.5 Å². The van der Waals surface area contributed by atoms with Gasteiger partial charge in [-0.15, -0.1) is 0 Å². The summed E-state index contributed by atoms with van der Waals surface area (Å²) in [5.74, 6) is 0. The van der Waals surface area contributed by atoms with Crippen LogP contribution in [0, 0.1) is 0 Å². The van der Waals surface area contributed by atoms with Gasteiger partial charge in [0.25, 0.3) is 0 Å². The fourth-order valence-electron chi connectivity index (χ4n) is 14.0. The van der Waals surface area contributed by atoms with Gasteiger partial charge in [0.1, 0.15) is 0 Å². The first kappa shape index (κ1) is 37.1. The van der Waals surface area contributed by atoms with Crippen molar-refractivity contribution < 1.29 is 0 Å². The minimum absolute atomic E-state index is 0.0882. The van der Waals surface area contributed by atoms with Gasteiger partial charge in [0.2, 0.25) is 0 Å². The molecule has 2 aliphatic rings. The van der Waals surface area contributed by atoms with Crippen LogP contribution >= 0.6 is 0 Å². The zero-order valence-corrected chi connectivity index (χ0v) is 38.5. The molecule has 16 rings (SSSR count). The second-order valence-corrected chi connectivity index (χ2v) is 21.1. The van der Waals surface area contributed by atoms with E-state index in [-0.39, 0.29) is 10.8 Å². The second kappa shape index (κ2) is 12.5. The van der Waals surface area contributed by atoms with E-state index in [1.807, 2.05) is 0 Å². The summed E-state index contributed by atoms with van der Waals surface area (Å²) in [6, 6.07) is 75.2. The Balaban J connectivity index is 1.15. The highest BCUT2D eigenvalue weighted by molar-refractivity contribution is 6.44. The van der Waals surface area contributed by atoms with Gasteiger partial charge >= 0.3 is 0 Å². The van der Waals surface area contributed by atoms with Crippen molar-refractivity contribution in [3.05, 3.63) is 216 Å². The molecule has 0 aliphatic heterocycles. The molecule has 0 unspecified atom stereocenters. The maximum absolute atomic E-state index is 2.60. The predicted molar refractivity (Wildman–Crippen MR) is 292 cm³/mol. The largest absolute Gasteiger partial charge is 0.0619 e. The van der Waals surface area contributed by atoms with Crippen molar-refractivity contribution in [1.82, 2.24) is 0 Å². The van der Waals surface area contributed by atoms with E-state index >= 15 is 0 Å². The molecule has 0 saturated carbocycles. The first-order chi connectivity index (χ1) is 33.3. The van der Waals surface area contributed by atoms with Gasteiger partial charge in [0, 0.05) is 10.8 Å². The predicted octanol–water partition coefficient (Wildman–Crippen LogP) is 18.9. The highest BCUT2D eigenvalue weighted by atomic mass is 14.4. The van der Waals surface area contributed by atoms with Crippen LogP contribution in [0.25, 0.3) is 141 Å². The van der Waals surface area contributed by atoms with Gasteiger partial charge in [-0.3, -0.25) is 0 Å². The number of hydrogen-bond acceptors (Lipinski definition) is 0. The van der Waals surface area contributed by atoms with Gasteiger partial charge in [-0.25, -0.2) is 0 Å². The van der Waals surface area contributed by atoms with Crippen molar-refractivity contribution in [3.63, 3.8) is 0 Å². The summed E-state index contributed by atoms with van der Waals surface area (Å²) in [6.45, 7) is 9.57. The molecular formula is C68H44. The third-order valence-corrected chi connectivity index (χ3v) is 17.1. The van der Waals surface area contributed by atoms with Crippen LogP contribution in [0.3, 0.4) is 0 Å². The maximum atomic E-state index is 2.60. The fraction of sp³-hybridized carbons (Fsp3) is 0.0882. The van der Waals surface area contributed by atoms with Crippen LogP contribution < -0.4 is 0 Å². The van der Waals surface area contributed by atoms with E-state index < -0.39 is 0 Å². The molecule has 0 atom stereocenters. The second-order valence-electron chi connectivity index (χ2n) is 21.1. The lowest BCUT2D eigenvalue weighted by Crippen LogP contribution is -2.14. The molecule has 0 radical (unpaired) electrons. The first-order valence-electron chi connectivity index (χ1n) is 24.3. The van der Waals surface area contributed by atoms with Gasteiger partial charge < -0.3 is 0 Å². The molecule has 0 N–H and O–H groups in total. The van der Waals surface area contributed by atoms with E-state index in [1.54, 1.807) is 0 Å². The number of hydrogen-bond donors (Lipinski definition) is 0. The minimum Gasteiger partial charge on any atom is -0.0619 e. The van der Waals surface area contributed by atoms with Crippen molar-refractivity contribution in [1.29, 1.82) is 0 Å². The molecule has 0 nitrogen and oxygen atoms in total. The van der Waals surface area contributed by atoms with Gasteiger partial charge in [0.05, 0.1) is 0 Å². The SMILES string of the molecule is CC1(C)c2ccccc2-c2cc(-c3c4cc5c(cc4c(-c4ccc6c(c4)-c4ccccc4C6(C)C)c4c6cc7ccccc7c7cccc(c34)c76)c3cccc4c6ccccc6cc5c43)ccc21. The first-order valence-corrected chi connectivity index (χ1v) is 24.3. The van der Waals surface area contributed by atoms with Crippen LogP contribution in [0.5, 0.6) is 0 Å². The zero-order valence-electron chi connectivity index (χ0n) is 38.5. The molecule has 0 spiro atoms. The summed E-state index contributed by atoms with van der Waals surface area (Å²) in [6.07, 6.45) is 0. The molecule has 316 valence electrons. The summed E-state index contributed by atoms with van der Waals surface area (Å²) in [4.78, 5) is 0. The normalized spacial score (nSPS) is 14.7. The Morgan fingerprint density at radius 3 is 1.19 bits per heavy atom. The fourth-order valence-corrected chi connectivity index (χ4v) is 14.0. The molecule has 0 fully saturated rings. The van der Waals surface area contributed by atoms with E-state index in [2.05, 4.69) is 222 Å². The minimum atomic E-state index is -0.0886. The average molecular weight is 861 g/mol. The molecule has 0 aromatic heterocycles. The van der Waals surface area contributed by atoms with Crippen LogP contribution in [0.2, 0.25) is 0 Å². The molecule has 0 heteroatoms.